The fraction of sp³-hybridized carbons (Fsp3) is 0.409. The molecule has 150 valence electrons. The Bertz CT molecular complexity index is 812. The molecule has 0 radical (unpaired) electrons. The third-order valence-corrected chi connectivity index (χ3v) is 5.69. The van der Waals surface area contributed by atoms with Crippen LogP contribution >= 0.6 is 23.8 Å². The van der Waals surface area contributed by atoms with Crippen molar-refractivity contribution in [3.05, 3.63) is 53.1 Å². The number of hydrogen-bond donors (Lipinski definition) is 2. The number of nitrogens with zero attached hydrogens (tertiary/aromatic N) is 1. The van der Waals surface area contributed by atoms with Gasteiger partial charge in [-0.3, -0.25) is 0 Å². The zero-order chi connectivity index (χ0) is 20.1. The van der Waals surface area contributed by atoms with Gasteiger partial charge in [-0.15, -0.1) is 0 Å². The highest BCUT2D eigenvalue weighted by Gasteiger charge is 2.17. The Balaban J connectivity index is 1.57. The molecule has 1 heterocycles. The van der Waals surface area contributed by atoms with Gasteiger partial charge in [0.1, 0.15) is 5.75 Å². The van der Waals surface area contributed by atoms with E-state index >= 15 is 0 Å². The third kappa shape index (κ3) is 5.30. The molecule has 2 unspecified atom stereocenters. The fourth-order valence-electron chi connectivity index (χ4n) is 3.59. The van der Waals surface area contributed by atoms with Gasteiger partial charge in [0.2, 0.25) is 0 Å². The van der Waals surface area contributed by atoms with E-state index in [1.54, 1.807) is 13.2 Å². The Labute approximate surface area is 178 Å². The lowest BCUT2D eigenvalue weighted by Gasteiger charge is -2.33. The van der Waals surface area contributed by atoms with Crippen molar-refractivity contribution in [3.8, 4) is 5.75 Å². The summed E-state index contributed by atoms with van der Waals surface area (Å²) in [6.45, 7) is 6.73. The summed E-state index contributed by atoms with van der Waals surface area (Å²) in [5.74, 6) is 1.41. The summed E-state index contributed by atoms with van der Waals surface area (Å²) >= 11 is 11.6. The maximum atomic E-state index is 6.17. The van der Waals surface area contributed by atoms with E-state index in [1.807, 2.05) is 12.1 Å². The maximum Gasteiger partial charge on any atom is 0.171 e. The molecule has 0 aliphatic carbocycles. The summed E-state index contributed by atoms with van der Waals surface area (Å²) in [4.78, 5) is 2.48. The number of benzene rings is 2. The molecule has 1 aliphatic heterocycles. The Morgan fingerprint density at radius 1 is 1.25 bits per heavy atom. The summed E-state index contributed by atoms with van der Waals surface area (Å²) in [6, 6.07) is 14.4. The molecule has 2 aromatic carbocycles. The van der Waals surface area contributed by atoms with Crippen molar-refractivity contribution >= 4 is 40.3 Å². The maximum absolute atomic E-state index is 6.17. The standard InChI is InChI=1S/C22H28ClN3OS/c1-15-5-4-12-26(14-15)19-9-6-17(7-10-19)16(2)24-22(28)25-18-8-11-21(27-3)20(23)13-18/h6-11,13,15-16H,4-5,12,14H2,1-3H3,(H2,24,25,28). The Morgan fingerprint density at radius 3 is 2.64 bits per heavy atom. The number of ether oxygens (including phenoxy) is 1. The monoisotopic (exact) mass is 417 g/mol. The molecule has 1 fully saturated rings. The van der Waals surface area contributed by atoms with Crippen LogP contribution in [-0.2, 0) is 0 Å². The van der Waals surface area contributed by atoms with Crippen LogP contribution in [0.1, 0.15) is 38.3 Å². The van der Waals surface area contributed by atoms with Gasteiger partial charge in [-0.25, -0.2) is 0 Å². The van der Waals surface area contributed by atoms with Crippen LogP contribution in [0.15, 0.2) is 42.5 Å². The van der Waals surface area contributed by atoms with Gasteiger partial charge in [-0.05, 0) is 73.8 Å². The van der Waals surface area contributed by atoms with Gasteiger partial charge in [-0.2, -0.15) is 0 Å². The van der Waals surface area contributed by atoms with Crippen molar-refractivity contribution in [2.75, 3.05) is 30.4 Å². The average Bonchev–Trinajstić information content (AvgIpc) is 2.68. The van der Waals surface area contributed by atoms with Crippen LogP contribution in [0.4, 0.5) is 11.4 Å². The second-order valence-corrected chi connectivity index (χ2v) is 8.27. The van der Waals surface area contributed by atoms with E-state index < -0.39 is 0 Å². The number of rotatable bonds is 5. The first-order chi connectivity index (χ1) is 13.5. The average molecular weight is 418 g/mol. The highest BCUT2D eigenvalue weighted by atomic mass is 35.5. The van der Waals surface area contributed by atoms with Crippen LogP contribution in [0, 0.1) is 5.92 Å². The highest BCUT2D eigenvalue weighted by molar-refractivity contribution is 7.80. The van der Waals surface area contributed by atoms with E-state index in [9.17, 15) is 0 Å². The molecule has 1 saturated heterocycles. The summed E-state index contributed by atoms with van der Waals surface area (Å²) in [7, 11) is 1.60. The number of methoxy groups -OCH3 is 1. The molecule has 0 aromatic heterocycles. The van der Waals surface area contributed by atoms with Crippen LogP contribution in [0.25, 0.3) is 0 Å². The van der Waals surface area contributed by atoms with Crippen molar-refractivity contribution < 1.29 is 4.74 Å². The minimum Gasteiger partial charge on any atom is -0.495 e. The zero-order valence-electron chi connectivity index (χ0n) is 16.7. The van der Waals surface area contributed by atoms with Crippen LogP contribution in [0.3, 0.4) is 0 Å². The number of thiocarbonyl (C=S) groups is 1. The Kier molecular flexibility index (Phi) is 7.03. The van der Waals surface area contributed by atoms with Crippen molar-refractivity contribution in [2.24, 2.45) is 5.92 Å². The first kappa shape index (κ1) is 20.7. The van der Waals surface area contributed by atoms with Crippen LogP contribution in [0.5, 0.6) is 5.75 Å². The van der Waals surface area contributed by atoms with Crippen molar-refractivity contribution in [1.29, 1.82) is 0 Å². The van der Waals surface area contributed by atoms with Gasteiger partial charge in [0, 0.05) is 24.5 Å². The van der Waals surface area contributed by atoms with E-state index in [-0.39, 0.29) is 6.04 Å². The van der Waals surface area contributed by atoms with Gasteiger partial charge < -0.3 is 20.3 Å². The van der Waals surface area contributed by atoms with E-state index in [4.69, 9.17) is 28.6 Å². The molecule has 2 aromatic rings. The van der Waals surface area contributed by atoms with E-state index in [0.29, 0.717) is 15.9 Å². The zero-order valence-corrected chi connectivity index (χ0v) is 18.2. The molecular weight excluding hydrogens is 390 g/mol. The van der Waals surface area contributed by atoms with E-state index in [2.05, 4.69) is 53.6 Å². The second-order valence-electron chi connectivity index (χ2n) is 7.45. The lowest BCUT2D eigenvalue weighted by atomic mass is 9.99. The smallest absolute Gasteiger partial charge is 0.171 e. The Hall–Kier alpha value is -1.98. The normalized spacial score (nSPS) is 17.7. The van der Waals surface area contributed by atoms with Crippen LogP contribution < -0.4 is 20.3 Å². The summed E-state index contributed by atoms with van der Waals surface area (Å²) in [5, 5.41) is 7.61. The van der Waals surface area contributed by atoms with Crippen molar-refractivity contribution in [1.82, 2.24) is 5.32 Å². The summed E-state index contributed by atoms with van der Waals surface area (Å²) in [6.07, 6.45) is 2.61. The topological polar surface area (TPSA) is 36.5 Å². The molecule has 3 rings (SSSR count). The lowest BCUT2D eigenvalue weighted by molar-refractivity contribution is 0.415. The lowest BCUT2D eigenvalue weighted by Crippen LogP contribution is -2.34. The number of halogens is 1. The first-order valence-electron chi connectivity index (χ1n) is 9.72. The summed E-state index contributed by atoms with van der Waals surface area (Å²) < 4.78 is 5.17. The molecule has 0 amide bonds. The molecule has 0 saturated carbocycles. The van der Waals surface area contributed by atoms with Gasteiger partial charge in [0.25, 0.3) is 0 Å². The van der Waals surface area contributed by atoms with Crippen molar-refractivity contribution in [3.63, 3.8) is 0 Å². The highest BCUT2D eigenvalue weighted by Crippen LogP contribution is 2.27. The minimum atomic E-state index is 0.100. The fourth-order valence-corrected chi connectivity index (χ4v) is 4.14. The number of nitrogens with one attached hydrogen (secondary N) is 2. The summed E-state index contributed by atoms with van der Waals surface area (Å²) in [5.41, 5.74) is 3.33. The van der Waals surface area contributed by atoms with E-state index in [0.717, 1.165) is 24.7 Å². The van der Waals surface area contributed by atoms with Gasteiger partial charge >= 0.3 is 0 Å². The number of anilines is 2. The third-order valence-electron chi connectivity index (χ3n) is 5.17. The molecule has 2 atom stereocenters. The Morgan fingerprint density at radius 2 is 2.00 bits per heavy atom. The molecule has 2 N–H and O–H groups in total. The van der Waals surface area contributed by atoms with Gasteiger partial charge in [0.05, 0.1) is 18.2 Å². The molecule has 1 aliphatic rings. The largest absolute Gasteiger partial charge is 0.495 e. The predicted molar refractivity (Wildman–Crippen MR) is 123 cm³/mol. The molecule has 28 heavy (non-hydrogen) atoms. The van der Waals surface area contributed by atoms with Crippen molar-refractivity contribution in [2.45, 2.75) is 32.7 Å². The number of piperidine rings is 1. The minimum absolute atomic E-state index is 0.100. The SMILES string of the molecule is COc1ccc(NC(=S)NC(C)c2ccc(N3CCCC(C)C3)cc2)cc1Cl. The van der Waals surface area contributed by atoms with Gasteiger partial charge in [0.15, 0.2) is 5.11 Å². The second kappa shape index (κ2) is 9.48. The molecule has 0 spiro atoms. The number of hydrogen-bond acceptors (Lipinski definition) is 3. The first-order valence-corrected chi connectivity index (χ1v) is 10.5. The molecule has 0 bridgehead atoms. The van der Waals surface area contributed by atoms with Gasteiger partial charge in [-0.1, -0.05) is 30.7 Å². The molecule has 6 heteroatoms. The van der Waals surface area contributed by atoms with Crippen LogP contribution in [0.2, 0.25) is 5.02 Å². The predicted octanol–water partition coefficient (Wildman–Crippen LogP) is 5.63. The molecular formula is C22H28ClN3OS. The molecule has 4 nitrogen and oxygen atoms in total. The quantitative estimate of drug-likeness (QED) is 0.616. The van der Waals surface area contributed by atoms with Crippen LogP contribution in [-0.4, -0.2) is 25.3 Å². The van der Waals surface area contributed by atoms with E-state index in [1.165, 1.54) is 24.1 Å².